The van der Waals surface area contributed by atoms with Gasteiger partial charge in [-0.2, -0.15) is 13.2 Å². The zero-order valence-electron chi connectivity index (χ0n) is 13.2. The smallest absolute Gasteiger partial charge is 0.372 e. The maximum Gasteiger partial charge on any atom is 0.427 e. The fraction of sp³-hybridized carbons (Fsp3) is 0.529. The second kappa shape index (κ2) is 5.95. The summed E-state index contributed by atoms with van der Waals surface area (Å²) in [5.41, 5.74) is -1.71. The van der Waals surface area contributed by atoms with E-state index in [9.17, 15) is 18.3 Å². The fourth-order valence-electron chi connectivity index (χ4n) is 3.03. The van der Waals surface area contributed by atoms with Gasteiger partial charge in [0.1, 0.15) is 0 Å². The third kappa shape index (κ3) is 2.62. The van der Waals surface area contributed by atoms with Crippen LogP contribution in [0.5, 0.6) is 0 Å². The van der Waals surface area contributed by atoms with Crippen molar-refractivity contribution in [3.05, 3.63) is 40.6 Å². The molecule has 0 spiro atoms. The Labute approximate surface area is 129 Å². The molecule has 0 amide bonds. The quantitative estimate of drug-likeness (QED) is 0.880. The number of hydrogen-bond acceptors (Lipinski definition) is 2. The van der Waals surface area contributed by atoms with Gasteiger partial charge in [-0.25, -0.2) is 0 Å². The van der Waals surface area contributed by atoms with Crippen LogP contribution in [0.2, 0.25) is 0 Å². The minimum Gasteiger partial charge on any atom is -0.372 e. The fourth-order valence-corrected chi connectivity index (χ4v) is 3.03. The highest BCUT2D eigenvalue weighted by Gasteiger charge is 2.61. The first-order valence-corrected chi connectivity index (χ1v) is 7.63. The average Bonchev–Trinajstić information content (AvgIpc) is 2.72. The first-order chi connectivity index (χ1) is 10.3. The van der Waals surface area contributed by atoms with E-state index < -0.39 is 11.8 Å². The van der Waals surface area contributed by atoms with Gasteiger partial charge in [0.15, 0.2) is 0 Å². The van der Waals surface area contributed by atoms with Crippen LogP contribution in [0.1, 0.15) is 43.4 Å². The highest BCUT2D eigenvalue weighted by atomic mass is 19.4. The summed E-state index contributed by atoms with van der Waals surface area (Å²) < 4.78 is 41.1. The van der Waals surface area contributed by atoms with Gasteiger partial charge in [0.2, 0.25) is 5.60 Å². The van der Waals surface area contributed by atoms with E-state index in [1.54, 1.807) is 17.0 Å². The van der Waals surface area contributed by atoms with Crippen LogP contribution in [0.25, 0.3) is 6.08 Å². The minimum absolute atomic E-state index is 0.0516. The lowest BCUT2D eigenvalue weighted by atomic mass is 9.91. The standard InChI is InChI=1S/C17H22F3NO/c1-4-8-21(9-5-2)15-11-13-10-12(3)6-7-14(13)16(15,22)17(18,19)20/h6-7,10-11,22H,4-5,8-9H2,1-3H3. The van der Waals surface area contributed by atoms with Crippen molar-refractivity contribution in [1.29, 1.82) is 0 Å². The molecule has 0 heterocycles. The minimum atomic E-state index is -4.75. The third-order valence-electron chi connectivity index (χ3n) is 4.00. The topological polar surface area (TPSA) is 23.5 Å². The summed E-state index contributed by atoms with van der Waals surface area (Å²) in [4.78, 5) is 1.66. The number of fused-ring (bicyclic) bond motifs is 1. The molecule has 2 rings (SSSR count). The average molecular weight is 313 g/mol. The Morgan fingerprint density at radius 3 is 2.23 bits per heavy atom. The highest BCUT2D eigenvalue weighted by molar-refractivity contribution is 5.69. The molecule has 0 bridgehead atoms. The molecule has 1 aromatic carbocycles. The number of aliphatic hydroxyl groups is 1. The molecule has 2 nitrogen and oxygen atoms in total. The molecule has 5 heteroatoms. The van der Waals surface area contributed by atoms with Crippen LogP contribution >= 0.6 is 0 Å². The molecule has 0 saturated heterocycles. The van der Waals surface area contributed by atoms with E-state index in [0.29, 0.717) is 18.7 Å². The zero-order valence-corrected chi connectivity index (χ0v) is 13.2. The Morgan fingerprint density at radius 1 is 1.14 bits per heavy atom. The van der Waals surface area contributed by atoms with E-state index >= 15 is 0 Å². The normalized spacial score (nSPS) is 20.8. The summed E-state index contributed by atoms with van der Waals surface area (Å²) in [5, 5.41) is 10.6. The SMILES string of the molecule is CCCN(CCC)C1=Cc2cc(C)ccc2C1(O)C(F)(F)F. The molecule has 0 aromatic heterocycles. The van der Waals surface area contributed by atoms with Crippen LogP contribution in [0, 0.1) is 6.92 Å². The number of alkyl halides is 3. The Kier molecular flexibility index (Phi) is 4.57. The summed E-state index contributed by atoms with van der Waals surface area (Å²) >= 11 is 0. The van der Waals surface area contributed by atoms with Crippen molar-refractivity contribution < 1.29 is 18.3 Å². The lowest BCUT2D eigenvalue weighted by molar-refractivity contribution is -0.254. The molecule has 0 fully saturated rings. The van der Waals surface area contributed by atoms with E-state index in [1.807, 2.05) is 20.8 Å². The number of nitrogens with zero attached hydrogens (tertiary/aromatic N) is 1. The van der Waals surface area contributed by atoms with E-state index in [4.69, 9.17) is 0 Å². The second-order valence-corrected chi connectivity index (χ2v) is 5.82. The second-order valence-electron chi connectivity index (χ2n) is 5.82. The van der Waals surface area contributed by atoms with Gasteiger partial charge in [0, 0.05) is 18.7 Å². The monoisotopic (exact) mass is 313 g/mol. The first kappa shape index (κ1) is 16.9. The Bertz CT molecular complexity index is 574. The summed E-state index contributed by atoms with van der Waals surface area (Å²) in [5.74, 6) is 0. The maximum atomic E-state index is 13.7. The molecule has 122 valence electrons. The first-order valence-electron chi connectivity index (χ1n) is 7.63. The van der Waals surface area contributed by atoms with Crippen molar-refractivity contribution in [2.75, 3.05) is 13.1 Å². The van der Waals surface area contributed by atoms with Crippen molar-refractivity contribution >= 4 is 6.08 Å². The predicted octanol–water partition coefficient (Wildman–Crippen LogP) is 4.22. The molecular weight excluding hydrogens is 291 g/mol. The summed E-state index contributed by atoms with van der Waals surface area (Å²) in [6, 6.07) is 4.68. The number of rotatable bonds is 5. The van der Waals surface area contributed by atoms with Gasteiger partial charge < -0.3 is 10.0 Å². The lowest BCUT2D eigenvalue weighted by Crippen LogP contribution is -2.48. The molecule has 1 unspecified atom stereocenters. The largest absolute Gasteiger partial charge is 0.427 e. The molecule has 1 aliphatic rings. The summed E-state index contributed by atoms with van der Waals surface area (Å²) in [6.45, 7) is 6.65. The van der Waals surface area contributed by atoms with Crippen molar-refractivity contribution in [3.63, 3.8) is 0 Å². The molecule has 1 atom stereocenters. The summed E-state index contributed by atoms with van der Waals surface area (Å²) in [6.07, 6.45) is -1.82. The maximum absolute atomic E-state index is 13.7. The van der Waals surface area contributed by atoms with Gasteiger partial charge in [0.05, 0.1) is 5.70 Å². The van der Waals surface area contributed by atoms with Crippen LogP contribution in [-0.2, 0) is 5.60 Å². The summed E-state index contributed by atoms with van der Waals surface area (Å²) in [7, 11) is 0. The van der Waals surface area contributed by atoms with Gasteiger partial charge >= 0.3 is 6.18 Å². The molecule has 1 aliphatic carbocycles. The number of benzene rings is 1. The molecule has 0 aliphatic heterocycles. The molecular formula is C17H22F3NO. The van der Waals surface area contributed by atoms with Crippen molar-refractivity contribution in [2.45, 2.75) is 45.4 Å². The van der Waals surface area contributed by atoms with Gasteiger partial charge in [-0.05, 0) is 31.4 Å². The molecule has 1 aromatic rings. The predicted molar refractivity (Wildman–Crippen MR) is 81.3 cm³/mol. The zero-order chi connectivity index (χ0) is 16.5. The lowest BCUT2D eigenvalue weighted by Gasteiger charge is -2.37. The van der Waals surface area contributed by atoms with Gasteiger partial charge in [-0.15, -0.1) is 0 Å². The third-order valence-corrected chi connectivity index (χ3v) is 4.00. The van der Waals surface area contributed by atoms with Crippen LogP contribution in [0.4, 0.5) is 13.2 Å². The molecule has 0 saturated carbocycles. The molecule has 0 radical (unpaired) electrons. The van der Waals surface area contributed by atoms with Gasteiger partial charge in [0.25, 0.3) is 0 Å². The molecule has 1 N–H and O–H groups in total. The van der Waals surface area contributed by atoms with E-state index in [-0.39, 0.29) is 11.3 Å². The Morgan fingerprint density at radius 2 is 1.73 bits per heavy atom. The van der Waals surface area contributed by atoms with Crippen LogP contribution in [0.3, 0.4) is 0 Å². The highest BCUT2D eigenvalue weighted by Crippen LogP contribution is 2.51. The van der Waals surface area contributed by atoms with Crippen molar-refractivity contribution in [1.82, 2.24) is 4.90 Å². The van der Waals surface area contributed by atoms with Crippen molar-refractivity contribution in [2.24, 2.45) is 0 Å². The Balaban J connectivity index is 2.58. The van der Waals surface area contributed by atoms with Gasteiger partial charge in [-0.1, -0.05) is 37.6 Å². The number of hydrogen-bond donors (Lipinski definition) is 1. The van der Waals surface area contributed by atoms with Crippen LogP contribution < -0.4 is 0 Å². The van der Waals surface area contributed by atoms with E-state index in [1.165, 1.54) is 12.1 Å². The van der Waals surface area contributed by atoms with Gasteiger partial charge in [-0.3, -0.25) is 0 Å². The molecule has 22 heavy (non-hydrogen) atoms. The van der Waals surface area contributed by atoms with Crippen molar-refractivity contribution in [3.8, 4) is 0 Å². The van der Waals surface area contributed by atoms with Crippen LogP contribution in [-0.4, -0.2) is 29.3 Å². The van der Waals surface area contributed by atoms with E-state index in [2.05, 4.69) is 0 Å². The Hall–Kier alpha value is -1.49. The van der Waals surface area contributed by atoms with E-state index in [0.717, 1.165) is 18.4 Å². The number of aryl methyl sites for hydroxylation is 1. The van der Waals surface area contributed by atoms with Crippen LogP contribution in [0.15, 0.2) is 23.9 Å². The number of halogens is 3.